The van der Waals surface area contributed by atoms with Crippen LogP contribution in [-0.4, -0.2) is 30.6 Å². The Hall–Kier alpha value is -3.34. The summed E-state index contributed by atoms with van der Waals surface area (Å²) in [4.78, 5) is 19.4. The van der Waals surface area contributed by atoms with Crippen molar-refractivity contribution in [2.24, 2.45) is 0 Å². The highest BCUT2D eigenvalue weighted by atomic mass is 16.5. The lowest BCUT2D eigenvalue weighted by Gasteiger charge is -2.23. The molecule has 1 unspecified atom stereocenters. The second-order valence-corrected chi connectivity index (χ2v) is 7.31. The molecule has 0 bridgehead atoms. The largest absolute Gasteiger partial charge is 0.497 e. The molecule has 0 saturated carbocycles. The van der Waals surface area contributed by atoms with Gasteiger partial charge in [-0.05, 0) is 61.2 Å². The summed E-state index contributed by atoms with van der Waals surface area (Å²) in [5.41, 5.74) is 4.10. The molecule has 0 fully saturated rings. The van der Waals surface area contributed by atoms with Crippen molar-refractivity contribution in [1.29, 1.82) is 0 Å². The lowest BCUT2D eigenvalue weighted by atomic mass is 10.1. The summed E-state index contributed by atoms with van der Waals surface area (Å²) in [5.74, 6) is 1.58. The van der Waals surface area contributed by atoms with Gasteiger partial charge in [-0.1, -0.05) is 30.3 Å². The fraction of sp³-hybridized carbons (Fsp3) is 0.250. The third-order valence-electron chi connectivity index (χ3n) is 5.31. The molecule has 0 spiro atoms. The van der Waals surface area contributed by atoms with Gasteiger partial charge in [-0.3, -0.25) is 4.79 Å². The van der Waals surface area contributed by atoms with Crippen molar-refractivity contribution < 1.29 is 9.53 Å². The first kappa shape index (κ1) is 19.0. The molecule has 3 aromatic rings. The molecule has 1 amide bonds. The first-order chi connectivity index (χ1) is 14.2. The number of benzene rings is 2. The summed E-state index contributed by atoms with van der Waals surface area (Å²) in [5, 5.41) is 3.32. The molecule has 0 radical (unpaired) electrons. The summed E-state index contributed by atoms with van der Waals surface area (Å²) in [6, 6.07) is 19.9. The van der Waals surface area contributed by atoms with Crippen molar-refractivity contribution in [3.63, 3.8) is 0 Å². The predicted octanol–water partition coefficient (Wildman–Crippen LogP) is 4.34. The van der Waals surface area contributed by atoms with Crippen LogP contribution in [0.4, 0.5) is 11.5 Å². The van der Waals surface area contributed by atoms with E-state index >= 15 is 0 Å². The van der Waals surface area contributed by atoms with Gasteiger partial charge in [0, 0.05) is 30.0 Å². The van der Waals surface area contributed by atoms with Crippen LogP contribution in [0.25, 0.3) is 0 Å². The molecule has 5 heteroatoms. The zero-order valence-electron chi connectivity index (χ0n) is 16.8. The SMILES string of the molecule is COc1ccc(CCNc2cc(C(=O)N3c4ccccc4CC3C)ccn2)cc1. The lowest BCUT2D eigenvalue weighted by molar-refractivity contribution is 0.0981. The standard InChI is InChI=1S/C24H25N3O2/c1-17-15-19-5-3-4-6-22(19)27(17)24(28)20-12-14-26-23(16-20)25-13-11-18-7-9-21(29-2)10-8-18/h3-10,12,14,16-17H,11,13,15H2,1-2H3,(H,25,26). The molecule has 1 aromatic heterocycles. The van der Waals surface area contributed by atoms with Gasteiger partial charge in [0.05, 0.1) is 7.11 Å². The number of amides is 1. The molecule has 1 N–H and O–H groups in total. The van der Waals surface area contributed by atoms with Gasteiger partial charge in [-0.2, -0.15) is 0 Å². The fourth-order valence-corrected chi connectivity index (χ4v) is 3.80. The van der Waals surface area contributed by atoms with Crippen molar-refractivity contribution in [2.45, 2.75) is 25.8 Å². The Labute approximate surface area is 171 Å². The third kappa shape index (κ3) is 4.09. The quantitative estimate of drug-likeness (QED) is 0.684. The summed E-state index contributed by atoms with van der Waals surface area (Å²) < 4.78 is 5.19. The number of anilines is 2. The Kier molecular flexibility index (Phi) is 5.47. The molecule has 2 aromatic carbocycles. The molecule has 1 aliphatic heterocycles. The minimum Gasteiger partial charge on any atom is -0.497 e. The van der Waals surface area contributed by atoms with E-state index in [-0.39, 0.29) is 11.9 Å². The first-order valence-electron chi connectivity index (χ1n) is 9.90. The van der Waals surface area contributed by atoms with E-state index in [0.717, 1.165) is 30.8 Å². The average Bonchev–Trinajstić information content (AvgIpc) is 3.09. The minimum absolute atomic E-state index is 0.0167. The highest BCUT2D eigenvalue weighted by molar-refractivity contribution is 6.08. The van der Waals surface area contributed by atoms with E-state index in [4.69, 9.17) is 4.74 Å². The van der Waals surface area contributed by atoms with Crippen LogP contribution in [0.3, 0.4) is 0 Å². The Morgan fingerprint density at radius 1 is 1.17 bits per heavy atom. The van der Waals surface area contributed by atoms with Crippen LogP contribution < -0.4 is 15.0 Å². The van der Waals surface area contributed by atoms with Crippen LogP contribution in [0.1, 0.15) is 28.4 Å². The third-order valence-corrected chi connectivity index (χ3v) is 5.31. The highest BCUT2D eigenvalue weighted by Gasteiger charge is 2.31. The number of hydrogen-bond acceptors (Lipinski definition) is 4. The molecule has 5 nitrogen and oxygen atoms in total. The summed E-state index contributed by atoms with van der Waals surface area (Å²) in [7, 11) is 1.66. The summed E-state index contributed by atoms with van der Waals surface area (Å²) >= 11 is 0. The number of carbonyl (C=O) groups excluding carboxylic acids is 1. The molecular weight excluding hydrogens is 362 g/mol. The number of methoxy groups -OCH3 is 1. The average molecular weight is 387 g/mol. The molecular formula is C24H25N3O2. The number of ether oxygens (including phenoxy) is 1. The number of nitrogens with one attached hydrogen (secondary N) is 1. The normalized spacial score (nSPS) is 15.1. The van der Waals surface area contributed by atoms with Crippen molar-refractivity contribution >= 4 is 17.4 Å². The van der Waals surface area contributed by atoms with Gasteiger partial charge in [-0.25, -0.2) is 4.98 Å². The van der Waals surface area contributed by atoms with Crippen LogP contribution in [0, 0.1) is 0 Å². The molecule has 0 saturated heterocycles. The summed E-state index contributed by atoms with van der Waals surface area (Å²) in [6.45, 7) is 2.83. The van der Waals surface area contributed by atoms with Crippen LogP contribution in [0.15, 0.2) is 66.9 Å². The molecule has 1 atom stereocenters. The van der Waals surface area contributed by atoms with E-state index in [2.05, 4.69) is 35.4 Å². The van der Waals surface area contributed by atoms with Crippen LogP contribution >= 0.6 is 0 Å². The van der Waals surface area contributed by atoms with E-state index < -0.39 is 0 Å². The molecule has 0 aliphatic carbocycles. The Morgan fingerprint density at radius 3 is 2.76 bits per heavy atom. The van der Waals surface area contributed by atoms with Gasteiger partial charge in [0.2, 0.25) is 0 Å². The maximum Gasteiger partial charge on any atom is 0.258 e. The zero-order valence-corrected chi connectivity index (χ0v) is 16.8. The van der Waals surface area contributed by atoms with E-state index in [9.17, 15) is 4.79 Å². The maximum absolute atomic E-state index is 13.2. The second-order valence-electron chi connectivity index (χ2n) is 7.31. The van der Waals surface area contributed by atoms with E-state index in [0.29, 0.717) is 11.4 Å². The zero-order chi connectivity index (χ0) is 20.2. The molecule has 1 aliphatic rings. The fourth-order valence-electron chi connectivity index (χ4n) is 3.80. The molecule has 4 rings (SSSR count). The Balaban J connectivity index is 1.42. The number of aromatic nitrogens is 1. The van der Waals surface area contributed by atoms with Gasteiger partial charge in [0.25, 0.3) is 5.91 Å². The second kappa shape index (κ2) is 8.35. The number of fused-ring (bicyclic) bond motifs is 1. The Morgan fingerprint density at radius 2 is 1.97 bits per heavy atom. The van der Waals surface area contributed by atoms with E-state index in [1.807, 2.05) is 41.3 Å². The predicted molar refractivity (Wildman–Crippen MR) is 116 cm³/mol. The monoisotopic (exact) mass is 387 g/mol. The van der Waals surface area contributed by atoms with Gasteiger partial charge in [-0.15, -0.1) is 0 Å². The molecule has 148 valence electrons. The molecule has 29 heavy (non-hydrogen) atoms. The number of pyridine rings is 1. The first-order valence-corrected chi connectivity index (χ1v) is 9.90. The van der Waals surface area contributed by atoms with Crippen LogP contribution in [0.5, 0.6) is 5.75 Å². The van der Waals surface area contributed by atoms with Gasteiger partial charge >= 0.3 is 0 Å². The number of nitrogens with zero attached hydrogens (tertiary/aromatic N) is 2. The maximum atomic E-state index is 13.2. The smallest absolute Gasteiger partial charge is 0.258 e. The van der Waals surface area contributed by atoms with Crippen molar-refractivity contribution in [3.05, 3.63) is 83.6 Å². The highest BCUT2D eigenvalue weighted by Crippen LogP contribution is 2.33. The topological polar surface area (TPSA) is 54.5 Å². The Bertz CT molecular complexity index is 1000. The lowest BCUT2D eigenvalue weighted by Crippen LogP contribution is -2.35. The number of hydrogen-bond donors (Lipinski definition) is 1. The summed E-state index contributed by atoms with van der Waals surface area (Å²) in [6.07, 6.45) is 3.44. The van der Waals surface area contributed by atoms with Crippen LogP contribution in [-0.2, 0) is 12.8 Å². The van der Waals surface area contributed by atoms with E-state index in [1.54, 1.807) is 19.4 Å². The van der Waals surface area contributed by atoms with Gasteiger partial charge in [0.15, 0.2) is 0 Å². The number of carbonyl (C=O) groups is 1. The van der Waals surface area contributed by atoms with E-state index in [1.165, 1.54) is 11.1 Å². The molecule has 2 heterocycles. The van der Waals surface area contributed by atoms with Gasteiger partial charge in [0.1, 0.15) is 11.6 Å². The van der Waals surface area contributed by atoms with Gasteiger partial charge < -0.3 is 15.0 Å². The minimum atomic E-state index is 0.0167. The van der Waals surface area contributed by atoms with Crippen molar-refractivity contribution in [1.82, 2.24) is 4.98 Å². The van der Waals surface area contributed by atoms with Crippen LogP contribution in [0.2, 0.25) is 0 Å². The number of para-hydroxylation sites is 1. The van der Waals surface area contributed by atoms with Crippen molar-refractivity contribution in [3.8, 4) is 5.75 Å². The van der Waals surface area contributed by atoms with Crippen molar-refractivity contribution in [2.75, 3.05) is 23.9 Å². The number of rotatable bonds is 6.